The van der Waals surface area contributed by atoms with E-state index in [2.05, 4.69) is 18.7 Å². The van der Waals surface area contributed by atoms with Crippen LogP contribution in [-0.2, 0) is 9.47 Å². The Morgan fingerprint density at radius 3 is 2.06 bits per heavy atom. The van der Waals surface area contributed by atoms with Crippen molar-refractivity contribution >= 4 is 0 Å². The molecule has 1 saturated heterocycles. The van der Waals surface area contributed by atoms with Crippen LogP contribution in [0.25, 0.3) is 0 Å². The van der Waals surface area contributed by atoms with Crippen molar-refractivity contribution in [3.8, 4) is 0 Å². The van der Waals surface area contributed by atoms with E-state index in [1.807, 2.05) is 13.8 Å². The Hall–Kier alpha value is -0.120. The first kappa shape index (κ1) is 17.9. The SMILES string of the molecule is CC(C)CCN1CCCC1.COCCOC(C)C. The summed E-state index contributed by atoms with van der Waals surface area (Å²) in [5, 5.41) is 0. The predicted molar refractivity (Wildman–Crippen MR) is 78.1 cm³/mol. The van der Waals surface area contributed by atoms with Gasteiger partial charge in [-0.05, 0) is 58.7 Å². The Balaban J connectivity index is 0.000000331. The smallest absolute Gasteiger partial charge is 0.0703 e. The van der Waals surface area contributed by atoms with Gasteiger partial charge >= 0.3 is 0 Å². The van der Waals surface area contributed by atoms with Crippen molar-refractivity contribution in [2.24, 2.45) is 5.92 Å². The van der Waals surface area contributed by atoms with Gasteiger partial charge in [-0.2, -0.15) is 0 Å². The molecule has 1 heterocycles. The fourth-order valence-electron chi connectivity index (χ4n) is 1.81. The van der Waals surface area contributed by atoms with E-state index < -0.39 is 0 Å². The van der Waals surface area contributed by atoms with Gasteiger partial charge in [0.1, 0.15) is 0 Å². The van der Waals surface area contributed by atoms with Crippen molar-refractivity contribution in [1.29, 1.82) is 0 Å². The summed E-state index contributed by atoms with van der Waals surface area (Å²) in [4.78, 5) is 2.58. The minimum atomic E-state index is 0.324. The topological polar surface area (TPSA) is 21.7 Å². The van der Waals surface area contributed by atoms with Crippen LogP contribution >= 0.6 is 0 Å². The predicted octanol–water partition coefficient (Wildman–Crippen LogP) is 3.19. The molecule has 0 saturated carbocycles. The van der Waals surface area contributed by atoms with Crippen molar-refractivity contribution in [1.82, 2.24) is 4.90 Å². The molecule has 0 aromatic rings. The molecule has 0 aromatic heterocycles. The molecule has 0 aromatic carbocycles. The van der Waals surface area contributed by atoms with Crippen molar-refractivity contribution in [2.45, 2.75) is 53.1 Å². The number of rotatable bonds is 7. The maximum atomic E-state index is 5.16. The summed E-state index contributed by atoms with van der Waals surface area (Å²) in [6.45, 7) is 14.1. The van der Waals surface area contributed by atoms with E-state index in [0.29, 0.717) is 19.3 Å². The summed E-state index contributed by atoms with van der Waals surface area (Å²) >= 11 is 0. The third-order valence-electron chi connectivity index (χ3n) is 2.96. The van der Waals surface area contributed by atoms with Crippen molar-refractivity contribution in [2.75, 3.05) is 40.0 Å². The highest BCUT2D eigenvalue weighted by Gasteiger charge is 2.10. The highest BCUT2D eigenvalue weighted by molar-refractivity contribution is 4.66. The number of methoxy groups -OCH3 is 1. The lowest BCUT2D eigenvalue weighted by atomic mass is 10.1. The maximum absolute atomic E-state index is 5.16. The number of likely N-dealkylation sites (tertiary alicyclic amines) is 1. The zero-order valence-corrected chi connectivity index (χ0v) is 13.1. The lowest BCUT2D eigenvalue weighted by molar-refractivity contribution is 0.0351. The van der Waals surface area contributed by atoms with E-state index in [9.17, 15) is 0 Å². The van der Waals surface area contributed by atoms with Crippen LogP contribution in [0.3, 0.4) is 0 Å². The Morgan fingerprint density at radius 2 is 1.61 bits per heavy atom. The Kier molecular flexibility index (Phi) is 11.9. The van der Waals surface area contributed by atoms with E-state index in [1.54, 1.807) is 7.11 Å². The van der Waals surface area contributed by atoms with Crippen LogP contribution in [0.1, 0.15) is 47.0 Å². The molecule has 1 aliphatic heterocycles. The Labute approximate surface area is 114 Å². The van der Waals surface area contributed by atoms with Gasteiger partial charge in [0.05, 0.1) is 19.3 Å². The van der Waals surface area contributed by atoms with Gasteiger partial charge in [0, 0.05) is 7.11 Å². The first-order valence-electron chi connectivity index (χ1n) is 7.39. The molecule has 1 aliphatic rings. The molecule has 110 valence electrons. The van der Waals surface area contributed by atoms with Crippen LogP contribution in [0.4, 0.5) is 0 Å². The average molecular weight is 259 g/mol. The van der Waals surface area contributed by atoms with Crippen molar-refractivity contribution < 1.29 is 9.47 Å². The molecule has 3 nitrogen and oxygen atoms in total. The third-order valence-corrected chi connectivity index (χ3v) is 2.96. The number of hydrogen-bond donors (Lipinski definition) is 0. The second-order valence-corrected chi connectivity index (χ2v) is 5.64. The fraction of sp³-hybridized carbons (Fsp3) is 1.00. The van der Waals surface area contributed by atoms with Crippen LogP contribution in [0.15, 0.2) is 0 Å². The Bertz CT molecular complexity index is 166. The van der Waals surface area contributed by atoms with Gasteiger partial charge in [-0.15, -0.1) is 0 Å². The van der Waals surface area contributed by atoms with Gasteiger partial charge in [0.15, 0.2) is 0 Å². The molecule has 0 bridgehead atoms. The van der Waals surface area contributed by atoms with E-state index >= 15 is 0 Å². The molecule has 0 atom stereocenters. The summed E-state index contributed by atoms with van der Waals surface area (Å²) in [5.74, 6) is 0.876. The zero-order chi connectivity index (χ0) is 13.8. The van der Waals surface area contributed by atoms with Gasteiger partial charge in [-0.1, -0.05) is 13.8 Å². The van der Waals surface area contributed by atoms with Gasteiger partial charge in [0.2, 0.25) is 0 Å². The molecule has 0 aliphatic carbocycles. The van der Waals surface area contributed by atoms with Crippen LogP contribution in [-0.4, -0.2) is 51.0 Å². The highest BCUT2D eigenvalue weighted by Crippen LogP contribution is 2.09. The van der Waals surface area contributed by atoms with Crippen LogP contribution in [0.5, 0.6) is 0 Å². The van der Waals surface area contributed by atoms with Crippen LogP contribution in [0.2, 0.25) is 0 Å². The number of nitrogens with zero attached hydrogens (tertiary/aromatic N) is 1. The first-order valence-corrected chi connectivity index (χ1v) is 7.39. The minimum Gasteiger partial charge on any atom is -0.382 e. The molecule has 0 amide bonds. The van der Waals surface area contributed by atoms with E-state index in [4.69, 9.17) is 9.47 Å². The lowest BCUT2D eigenvalue weighted by Gasteiger charge is -2.15. The third kappa shape index (κ3) is 12.3. The van der Waals surface area contributed by atoms with E-state index in [-0.39, 0.29) is 0 Å². The summed E-state index contributed by atoms with van der Waals surface area (Å²) in [7, 11) is 1.67. The fourth-order valence-corrected chi connectivity index (χ4v) is 1.81. The normalized spacial score (nSPS) is 16.2. The number of ether oxygens (including phenoxy) is 2. The summed E-state index contributed by atoms with van der Waals surface area (Å²) < 4.78 is 9.92. The first-order chi connectivity index (χ1) is 8.56. The van der Waals surface area contributed by atoms with Crippen LogP contribution in [0, 0.1) is 5.92 Å². The number of hydrogen-bond acceptors (Lipinski definition) is 3. The molecule has 1 rings (SSSR count). The van der Waals surface area contributed by atoms with Crippen molar-refractivity contribution in [3.05, 3.63) is 0 Å². The maximum Gasteiger partial charge on any atom is 0.0703 e. The van der Waals surface area contributed by atoms with E-state index in [1.165, 1.54) is 38.9 Å². The zero-order valence-electron chi connectivity index (χ0n) is 13.1. The van der Waals surface area contributed by atoms with Crippen molar-refractivity contribution in [3.63, 3.8) is 0 Å². The lowest BCUT2D eigenvalue weighted by Crippen LogP contribution is -2.21. The summed E-state index contributed by atoms with van der Waals surface area (Å²) in [5.41, 5.74) is 0. The molecule has 18 heavy (non-hydrogen) atoms. The Morgan fingerprint density at radius 1 is 1.00 bits per heavy atom. The summed E-state index contributed by atoms with van der Waals surface area (Å²) in [6, 6.07) is 0. The standard InChI is InChI=1S/C9H19N.C6H14O2/c1-9(2)5-8-10-6-3-4-7-10;1-6(2)8-5-4-7-3/h9H,3-8H2,1-2H3;6H,4-5H2,1-3H3. The second-order valence-electron chi connectivity index (χ2n) is 5.64. The molecule has 0 N–H and O–H groups in total. The molecule has 1 fully saturated rings. The molecule has 0 spiro atoms. The highest BCUT2D eigenvalue weighted by atomic mass is 16.5. The minimum absolute atomic E-state index is 0.324. The van der Waals surface area contributed by atoms with Gasteiger partial charge in [0.25, 0.3) is 0 Å². The average Bonchev–Trinajstić information content (AvgIpc) is 2.80. The summed E-state index contributed by atoms with van der Waals surface area (Å²) in [6.07, 6.45) is 4.56. The van der Waals surface area contributed by atoms with Gasteiger partial charge in [-0.25, -0.2) is 0 Å². The van der Waals surface area contributed by atoms with Gasteiger partial charge in [-0.3, -0.25) is 0 Å². The molecule has 3 heteroatoms. The second kappa shape index (κ2) is 11.9. The molecular formula is C15H33NO2. The van der Waals surface area contributed by atoms with E-state index in [0.717, 1.165) is 5.92 Å². The molecular weight excluding hydrogens is 226 g/mol. The molecule has 0 unspecified atom stereocenters. The molecule has 0 radical (unpaired) electrons. The largest absolute Gasteiger partial charge is 0.382 e. The van der Waals surface area contributed by atoms with Crippen LogP contribution < -0.4 is 0 Å². The quantitative estimate of drug-likeness (QED) is 0.655. The van der Waals surface area contributed by atoms with Gasteiger partial charge < -0.3 is 14.4 Å². The monoisotopic (exact) mass is 259 g/mol.